The minimum Gasteiger partial charge on any atom is -0.488 e. The van der Waals surface area contributed by atoms with Crippen molar-refractivity contribution < 1.29 is 9.66 Å². The van der Waals surface area contributed by atoms with Crippen molar-refractivity contribution in [3.05, 3.63) is 69.3 Å². The van der Waals surface area contributed by atoms with Crippen molar-refractivity contribution in [3.63, 3.8) is 0 Å². The Bertz CT molecular complexity index is 624. The molecule has 5 nitrogen and oxygen atoms in total. The van der Waals surface area contributed by atoms with Crippen LogP contribution in [0.2, 0.25) is 0 Å². The van der Waals surface area contributed by atoms with Gasteiger partial charge in [0.2, 0.25) is 0 Å². The lowest BCUT2D eigenvalue weighted by Crippen LogP contribution is -2.08. The number of hydrogen-bond donors (Lipinski definition) is 1. The molecule has 0 amide bonds. The molecule has 0 unspecified atom stereocenters. The highest BCUT2D eigenvalue weighted by molar-refractivity contribution is 5.41. The van der Waals surface area contributed by atoms with Crippen LogP contribution in [0.15, 0.2) is 42.5 Å². The van der Waals surface area contributed by atoms with E-state index in [1.807, 2.05) is 32.2 Å². The number of para-hydroxylation sites is 1. The van der Waals surface area contributed by atoms with Crippen LogP contribution in [0.3, 0.4) is 0 Å². The summed E-state index contributed by atoms with van der Waals surface area (Å²) in [5.41, 5.74) is 3.16. The first kappa shape index (κ1) is 15.0. The lowest BCUT2D eigenvalue weighted by molar-refractivity contribution is -0.384. The summed E-state index contributed by atoms with van der Waals surface area (Å²) in [4.78, 5) is 10.2. The third-order valence-corrected chi connectivity index (χ3v) is 3.19. The third-order valence-electron chi connectivity index (χ3n) is 3.19. The second kappa shape index (κ2) is 6.85. The Morgan fingerprint density at radius 3 is 2.52 bits per heavy atom. The lowest BCUT2D eigenvalue weighted by Gasteiger charge is -2.14. The van der Waals surface area contributed by atoms with E-state index in [1.165, 1.54) is 12.1 Å². The Hall–Kier alpha value is -2.40. The lowest BCUT2D eigenvalue weighted by atomic mass is 10.1. The first-order valence-electron chi connectivity index (χ1n) is 6.71. The molecule has 2 aromatic rings. The molecule has 0 spiro atoms. The van der Waals surface area contributed by atoms with E-state index in [0.29, 0.717) is 6.61 Å². The minimum absolute atomic E-state index is 0.0884. The zero-order chi connectivity index (χ0) is 15.2. The zero-order valence-electron chi connectivity index (χ0n) is 12.1. The largest absolute Gasteiger partial charge is 0.488 e. The summed E-state index contributed by atoms with van der Waals surface area (Å²) in [5.74, 6) is 0.866. The topological polar surface area (TPSA) is 64.4 Å². The van der Waals surface area contributed by atoms with E-state index in [9.17, 15) is 10.1 Å². The first-order chi connectivity index (χ1) is 10.1. The van der Waals surface area contributed by atoms with Crippen LogP contribution in [-0.4, -0.2) is 12.0 Å². The molecule has 21 heavy (non-hydrogen) atoms. The number of ether oxygens (including phenoxy) is 1. The average Bonchev–Trinajstić information content (AvgIpc) is 2.47. The normalized spacial score (nSPS) is 10.4. The van der Waals surface area contributed by atoms with Gasteiger partial charge < -0.3 is 10.1 Å². The molecule has 5 heteroatoms. The van der Waals surface area contributed by atoms with Gasteiger partial charge in [-0.05, 0) is 37.2 Å². The highest BCUT2D eigenvalue weighted by Crippen LogP contribution is 2.24. The minimum atomic E-state index is -0.406. The summed E-state index contributed by atoms with van der Waals surface area (Å²) in [6.07, 6.45) is 0. The van der Waals surface area contributed by atoms with Crippen molar-refractivity contribution in [2.24, 2.45) is 0 Å². The second-order valence-corrected chi connectivity index (χ2v) is 4.81. The van der Waals surface area contributed by atoms with Gasteiger partial charge >= 0.3 is 0 Å². The van der Waals surface area contributed by atoms with Gasteiger partial charge in [-0.15, -0.1) is 0 Å². The molecule has 0 radical (unpaired) electrons. The Labute approximate surface area is 123 Å². The van der Waals surface area contributed by atoms with Gasteiger partial charge in [0.05, 0.1) is 4.92 Å². The summed E-state index contributed by atoms with van der Waals surface area (Å²) < 4.78 is 5.90. The molecule has 0 bridgehead atoms. The van der Waals surface area contributed by atoms with E-state index in [1.54, 1.807) is 12.1 Å². The maximum absolute atomic E-state index is 10.6. The number of rotatable bonds is 6. The van der Waals surface area contributed by atoms with Crippen molar-refractivity contribution >= 4 is 5.69 Å². The smallest absolute Gasteiger partial charge is 0.269 e. The van der Waals surface area contributed by atoms with Crippen LogP contribution in [0, 0.1) is 17.0 Å². The van der Waals surface area contributed by atoms with E-state index in [4.69, 9.17) is 4.74 Å². The number of benzene rings is 2. The summed E-state index contributed by atoms with van der Waals surface area (Å²) in [5, 5.41) is 13.7. The molecule has 0 fully saturated rings. The zero-order valence-corrected chi connectivity index (χ0v) is 12.1. The van der Waals surface area contributed by atoms with Gasteiger partial charge in [-0.3, -0.25) is 10.1 Å². The molecule has 0 saturated carbocycles. The Balaban J connectivity index is 2.10. The predicted octanol–water partition coefficient (Wildman–Crippen LogP) is 3.20. The molecule has 0 aromatic heterocycles. The van der Waals surface area contributed by atoms with Gasteiger partial charge in [0.25, 0.3) is 5.69 Å². The number of nitro benzene ring substituents is 1. The van der Waals surface area contributed by atoms with Crippen molar-refractivity contribution in [3.8, 4) is 5.75 Å². The summed E-state index contributed by atoms with van der Waals surface area (Å²) >= 11 is 0. The Morgan fingerprint density at radius 2 is 1.90 bits per heavy atom. The van der Waals surface area contributed by atoms with E-state index in [-0.39, 0.29) is 5.69 Å². The molecule has 0 aliphatic heterocycles. The van der Waals surface area contributed by atoms with Gasteiger partial charge in [0.15, 0.2) is 0 Å². The van der Waals surface area contributed by atoms with Gasteiger partial charge in [-0.25, -0.2) is 0 Å². The standard InChI is InChI=1S/C16H18N2O3/c1-12-4-3-5-14(10-17-2)16(12)21-11-13-6-8-15(9-7-13)18(19)20/h3-9,17H,10-11H2,1-2H3. The highest BCUT2D eigenvalue weighted by atomic mass is 16.6. The predicted molar refractivity (Wildman–Crippen MR) is 81.4 cm³/mol. The molecular formula is C16H18N2O3. The van der Waals surface area contributed by atoms with E-state index in [2.05, 4.69) is 5.32 Å². The number of aryl methyl sites for hydroxylation is 1. The molecule has 0 aliphatic carbocycles. The number of nitro groups is 1. The maximum atomic E-state index is 10.6. The Morgan fingerprint density at radius 1 is 1.19 bits per heavy atom. The van der Waals surface area contributed by atoms with E-state index in [0.717, 1.165) is 29.0 Å². The molecule has 0 atom stereocenters. The number of nitrogens with zero attached hydrogens (tertiary/aromatic N) is 1. The van der Waals surface area contributed by atoms with Gasteiger partial charge in [-0.2, -0.15) is 0 Å². The fraction of sp³-hybridized carbons (Fsp3) is 0.250. The third kappa shape index (κ3) is 3.79. The van der Waals surface area contributed by atoms with Crippen LogP contribution in [0.1, 0.15) is 16.7 Å². The van der Waals surface area contributed by atoms with Crippen LogP contribution < -0.4 is 10.1 Å². The SMILES string of the molecule is CNCc1cccc(C)c1OCc1ccc([N+](=O)[O-])cc1. The van der Waals surface area contributed by atoms with Crippen LogP contribution in [-0.2, 0) is 13.2 Å². The molecule has 0 heterocycles. The van der Waals surface area contributed by atoms with Gasteiger partial charge in [-0.1, -0.05) is 18.2 Å². The van der Waals surface area contributed by atoms with Gasteiger partial charge in [0.1, 0.15) is 12.4 Å². The molecule has 0 saturated heterocycles. The van der Waals surface area contributed by atoms with Crippen LogP contribution >= 0.6 is 0 Å². The summed E-state index contributed by atoms with van der Waals surface area (Å²) in [6.45, 7) is 3.13. The Kier molecular flexibility index (Phi) is 4.90. The molecule has 1 N–H and O–H groups in total. The summed E-state index contributed by atoms with van der Waals surface area (Å²) in [6, 6.07) is 12.4. The number of nitrogens with one attached hydrogen (secondary N) is 1. The first-order valence-corrected chi connectivity index (χ1v) is 6.71. The maximum Gasteiger partial charge on any atom is 0.269 e. The van der Waals surface area contributed by atoms with Crippen LogP contribution in [0.5, 0.6) is 5.75 Å². The monoisotopic (exact) mass is 286 g/mol. The molecule has 2 rings (SSSR count). The van der Waals surface area contributed by atoms with E-state index < -0.39 is 4.92 Å². The molecule has 0 aliphatic rings. The van der Waals surface area contributed by atoms with Crippen molar-refractivity contribution in [1.82, 2.24) is 5.32 Å². The van der Waals surface area contributed by atoms with Crippen LogP contribution in [0.25, 0.3) is 0 Å². The molecule has 2 aromatic carbocycles. The number of non-ortho nitro benzene ring substituents is 1. The molecular weight excluding hydrogens is 268 g/mol. The second-order valence-electron chi connectivity index (χ2n) is 4.81. The highest BCUT2D eigenvalue weighted by Gasteiger charge is 2.08. The van der Waals surface area contributed by atoms with Crippen LogP contribution in [0.4, 0.5) is 5.69 Å². The van der Waals surface area contributed by atoms with Gasteiger partial charge in [0, 0.05) is 24.2 Å². The van der Waals surface area contributed by atoms with Crippen molar-refractivity contribution in [1.29, 1.82) is 0 Å². The van der Waals surface area contributed by atoms with Crippen molar-refractivity contribution in [2.45, 2.75) is 20.1 Å². The van der Waals surface area contributed by atoms with Crippen molar-refractivity contribution in [2.75, 3.05) is 7.05 Å². The fourth-order valence-electron chi connectivity index (χ4n) is 2.12. The van der Waals surface area contributed by atoms with E-state index >= 15 is 0 Å². The average molecular weight is 286 g/mol. The fourth-order valence-corrected chi connectivity index (χ4v) is 2.12. The quantitative estimate of drug-likeness (QED) is 0.654. The molecule has 110 valence electrons. The number of hydrogen-bond acceptors (Lipinski definition) is 4. The summed E-state index contributed by atoms with van der Waals surface area (Å²) in [7, 11) is 1.89.